The van der Waals surface area contributed by atoms with Gasteiger partial charge in [0.1, 0.15) is 13.2 Å². The van der Waals surface area contributed by atoms with Crippen LogP contribution in [0.3, 0.4) is 0 Å². The van der Waals surface area contributed by atoms with Gasteiger partial charge in [0.15, 0.2) is 0 Å². The number of hydrogen-bond donors (Lipinski definition) is 0. The Labute approximate surface area is 78.2 Å². The van der Waals surface area contributed by atoms with Crippen molar-refractivity contribution < 1.29 is 19.1 Å². The molecule has 0 saturated heterocycles. The molecule has 0 aromatic carbocycles. The van der Waals surface area contributed by atoms with Gasteiger partial charge in [0.2, 0.25) is 0 Å². The quantitative estimate of drug-likeness (QED) is 0.356. The smallest absolute Gasteiger partial charge is 0.311 e. The molecule has 0 aromatic heterocycles. The number of hydrogen-bond acceptors (Lipinski definition) is 4. The highest BCUT2D eigenvalue weighted by Crippen LogP contribution is 2.21. The van der Waals surface area contributed by atoms with Gasteiger partial charge in [-0.1, -0.05) is 6.92 Å². The summed E-state index contributed by atoms with van der Waals surface area (Å²) < 4.78 is 9.25. The van der Waals surface area contributed by atoms with Crippen LogP contribution < -0.4 is 0 Å². The molecule has 0 radical (unpaired) electrons. The third-order valence-electron chi connectivity index (χ3n) is 1.94. The Morgan fingerprint density at radius 3 is 2.46 bits per heavy atom. The second kappa shape index (κ2) is 5.56. The van der Waals surface area contributed by atoms with Crippen LogP contribution in [0.15, 0.2) is 0 Å². The Morgan fingerprint density at radius 2 is 2.00 bits per heavy atom. The van der Waals surface area contributed by atoms with E-state index in [9.17, 15) is 9.59 Å². The molecule has 0 aromatic rings. The number of ether oxygens (including phenoxy) is 2. The van der Waals surface area contributed by atoms with Gasteiger partial charge >= 0.3 is 5.97 Å². The minimum Gasteiger partial charge on any atom is -0.464 e. The van der Waals surface area contributed by atoms with Gasteiger partial charge in [-0.05, 0) is 20.3 Å². The van der Waals surface area contributed by atoms with E-state index in [4.69, 9.17) is 4.74 Å². The first-order valence-corrected chi connectivity index (χ1v) is 4.27. The van der Waals surface area contributed by atoms with E-state index in [1.165, 1.54) is 0 Å². The van der Waals surface area contributed by atoms with Crippen LogP contribution in [-0.4, -0.2) is 25.7 Å². The van der Waals surface area contributed by atoms with Crippen LogP contribution in [0.25, 0.3) is 0 Å². The van der Waals surface area contributed by atoms with Crippen molar-refractivity contribution in [3.8, 4) is 0 Å². The summed E-state index contributed by atoms with van der Waals surface area (Å²) in [5.41, 5.74) is -0.457. The van der Waals surface area contributed by atoms with Crippen LogP contribution in [-0.2, 0) is 19.1 Å². The van der Waals surface area contributed by atoms with E-state index in [0.29, 0.717) is 6.47 Å². The van der Waals surface area contributed by atoms with Crippen LogP contribution in [0.4, 0.5) is 0 Å². The van der Waals surface area contributed by atoms with E-state index < -0.39 is 5.41 Å². The standard InChI is InChI=1S/C9H16O4/c1-4-9(2,3)8(11)13-6-5-12-7-10/h7H,4-6H2,1-3H3. The van der Waals surface area contributed by atoms with Gasteiger partial charge in [0.25, 0.3) is 6.47 Å². The molecule has 13 heavy (non-hydrogen) atoms. The predicted octanol–water partition coefficient (Wildman–Crippen LogP) is 1.14. The number of carbonyl (C=O) groups excluding carboxylic acids is 2. The van der Waals surface area contributed by atoms with Gasteiger partial charge in [0, 0.05) is 0 Å². The molecule has 0 bridgehead atoms. The van der Waals surface area contributed by atoms with Crippen molar-refractivity contribution in [1.82, 2.24) is 0 Å². The first-order chi connectivity index (χ1) is 6.04. The van der Waals surface area contributed by atoms with E-state index in [2.05, 4.69) is 4.74 Å². The Hall–Kier alpha value is -1.06. The fraction of sp³-hybridized carbons (Fsp3) is 0.778. The lowest BCUT2D eigenvalue weighted by Crippen LogP contribution is -2.26. The number of carbonyl (C=O) groups is 2. The summed E-state index contributed by atoms with van der Waals surface area (Å²) in [4.78, 5) is 21.0. The highest BCUT2D eigenvalue weighted by atomic mass is 16.6. The summed E-state index contributed by atoms with van der Waals surface area (Å²) in [6.07, 6.45) is 0.723. The Morgan fingerprint density at radius 1 is 1.38 bits per heavy atom. The summed E-state index contributed by atoms with van der Waals surface area (Å²) in [6.45, 7) is 6.13. The minimum absolute atomic E-state index is 0.120. The minimum atomic E-state index is -0.457. The molecule has 0 aliphatic heterocycles. The maximum absolute atomic E-state index is 11.3. The van der Waals surface area contributed by atoms with E-state index in [1.54, 1.807) is 0 Å². The molecule has 0 saturated carbocycles. The normalized spacial score (nSPS) is 10.7. The van der Waals surface area contributed by atoms with E-state index >= 15 is 0 Å². The molecular formula is C9H16O4. The van der Waals surface area contributed by atoms with Gasteiger partial charge in [0.05, 0.1) is 5.41 Å². The van der Waals surface area contributed by atoms with E-state index in [-0.39, 0.29) is 19.2 Å². The molecule has 76 valence electrons. The zero-order valence-electron chi connectivity index (χ0n) is 8.33. The Balaban J connectivity index is 3.68. The predicted molar refractivity (Wildman–Crippen MR) is 47.0 cm³/mol. The molecule has 0 aliphatic rings. The molecule has 0 heterocycles. The molecule has 0 N–H and O–H groups in total. The van der Waals surface area contributed by atoms with Crippen LogP contribution in [0.5, 0.6) is 0 Å². The largest absolute Gasteiger partial charge is 0.464 e. The van der Waals surface area contributed by atoms with Crippen molar-refractivity contribution in [3.05, 3.63) is 0 Å². The van der Waals surface area contributed by atoms with Crippen molar-refractivity contribution in [2.45, 2.75) is 27.2 Å². The lowest BCUT2D eigenvalue weighted by molar-refractivity contribution is -0.156. The van der Waals surface area contributed by atoms with Crippen LogP contribution in [0.1, 0.15) is 27.2 Å². The van der Waals surface area contributed by atoms with Gasteiger partial charge in [-0.2, -0.15) is 0 Å². The van der Waals surface area contributed by atoms with Gasteiger partial charge in [-0.25, -0.2) is 0 Å². The van der Waals surface area contributed by atoms with Gasteiger partial charge < -0.3 is 9.47 Å². The third-order valence-corrected chi connectivity index (χ3v) is 1.94. The number of rotatable bonds is 6. The average Bonchev–Trinajstić information content (AvgIpc) is 2.12. The monoisotopic (exact) mass is 188 g/mol. The summed E-state index contributed by atoms with van der Waals surface area (Å²) in [6, 6.07) is 0. The van der Waals surface area contributed by atoms with Crippen molar-refractivity contribution >= 4 is 12.4 Å². The van der Waals surface area contributed by atoms with Crippen LogP contribution in [0.2, 0.25) is 0 Å². The summed E-state index contributed by atoms with van der Waals surface area (Å²) >= 11 is 0. The van der Waals surface area contributed by atoms with Gasteiger partial charge in [-0.15, -0.1) is 0 Å². The van der Waals surface area contributed by atoms with Gasteiger partial charge in [-0.3, -0.25) is 9.59 Å². The zero-order chi connectivity index (χ0) is 10.3. The molecule has 0 amide bonds. The maximum atomic E-state index is 11.3. The zero-order valence-corrected chi connectivity index (χ0v) is 8.33. The van der Waals surface area contributed by atoms with Crippen LogP contribution in [0, 0.1) is 5.41 Å². The molecular weight excluding hydrogens is 172 g/mol. The van der Waals surface area contributed by atoms with Crippen molar-refractivity contribution in [2.24, 2.45) is 5.41 Å². The third kappa shape index (κ3) is 4.50. The lowest BCUT2D eigenvalue weighted by Gasteiger charge is -2.19. The van der Waals surface area contributed by atoms with Crippen molar-refractivity contribution in [2.75, 3.05) is 13.2 Å². The first kappa shape index (κ1) is 11.9. The van der Waals surface area contributed by atoms with Crippen molar-refractivity contribution in [1.29, 1.82) is 0 Å². The molecule has 0 unspecified atom stereocenters. The highest BCUT2D eigenvalue weighted by molar-refractivity contribution is 5.75. The maximum Gasteiger partial charge on any atom is 0.311 e. The molecule has 4 nitrogen and oxygen atoms in total. The van der Waals surface area contributed by atoms with Crippen molar-refractivity contribution in [3.63, 3.8) is 0 Å². The summed E-state index contributed by atoms with van der Waals surface area (Å²) in [5, 5.41) is 0. The number of esters is 1. The Bertz CT molecular complexity index is 174. The summed E-state index contributed by atoms with van der Waals surface area (Å²) in [7, 11) is 0. The first-order valence-electron chi connectivity index (χ1n) is 4.27. The highest BCUT2D eigenvalue weighted by Gasteiger charge is 2.26. The fourth-order valence-electron chi connectivity index (χ4n) is 0.570. The fourth-order valence-corrected chi connectivity index (χ4v) is 0.570. The van der Waals surface area contributed by atoms with E-state index in [0.717, 1.165) is 6.42 Å². The van der Waals surface area contributed by atoms with Crippen LogP contribution >= 0.6 is 0 Å². The second-order valence-electron chi connectivity index (χ2n) is 3.34. The molecule has 0 rings (SSSR count). The molecule has 0 spiro atoms. The topological polar surface area (TPSA) is 52.6 Å². The second-order valence-corrected chi connectivity index (χ2v) is 3.34. The Kier molecular flexibility index (Phi) is 5.11. The SMILES string of the molecule is CCC(C)(C)C(=O)OCCOC=O. The lowest BCUT2D eigenvalue weighted by atomic mass is 9.91. The molecule has 0 atom stereocenters. The molecule has 0 aliphatic carbocycles. The van der Waals surface area contributed by atoms with E-state index in [1.807, 2.05) is 20.8 Å². The average molecular weight is 188 g/mol. The summed E-state index contributed by atoms with van der Waals surface area (Å²) in [5.74, 6) is -0.260. The molecule has 0 fully saturated rings. The molecule has 4 heteroatoms.